The number of nitrogens with zero attached hydrogens (tertiary/aromatic N) is 1. The van der Waals surface area contributed by atoms with Gasteiger partial charge in [-0.05, 0) is 18.3 Å². The lowest BCUT2D eigenvalue weighted by Crippen LogP contribution is -2.47. The first kappa shape index (κ1) is 15.8. The minimum absolute atomic E-state index is 0.169. The molecule has 4 heteroatoms. The molecule has 1 aliphatic heterocycles. The number of guanidine groups is 1. The molecule has 0 radical (unpaired) electrons. The van der Waals surface area contributed by atoms with Crippen molar-refractivity contribution in [1.82, 2.24) is 10.6 Å². The van der Waals surface area contributed by atoms with E-state index in [4.69, 9.17) is 11.2 Å². The van der Waals surface area contributed by atoms with Crippen molar-refractivity contribution in [3.8, 4) is 12.3 Å². The van der Waals surface area contributed by atoms with E-state index in [1.54, 1.807) is 7.05 Å². The summed E-state index contributed by atoms with van der Waals surface area (Å²) >= 11 is 0. The number of ether oxygens (including phenoxy) is 1. The first-order valence-electron chi connectivity index (χ1n) is 6.98. The number of hydrogen-bond donors (Lipinski definition) is 2. The lowest BCUT2D eigenvalue weighted by atomic mass is 9.78. The van der Waals surface area contributed by atoms with Crippen LogP contribution < -0.4 is 10.6 Å². The molecule has 1 aliphatic rings. The van der Waals surface area contributed by atoms with E-state index in [2.05, 4.69) is 42.3 Å². The molecule has 19 heavy (non-hydrogen) atoms. The Kier molecular flexibility index (Phi) is 6.17. The maximum Gasteiger partial charge on any atom is 0.191 e. The second-order valence-corrected chi connectivity index (χ2v) is 6.07. The summed E-state index contributed by atoms with van der Waals surface area (Å²) in [6, 6.07) is 0. The molecule has 0 bridgehead atoms. The molecule has 0 saturated carbocycles. The third-order valence-electron chi connectivity index (χ3n) is 3.41. The van der Waals surface area contributed by atoms with Crippen molar-refractivity contribution in [2.24, 2.45) is 16.3 Å². The number of aliphatic imine (C=N–C) groups is 1. The van der Waals surface area contributed by atoms with Gasteiger partial charge in [-0.25, -0.2) is 0 Å². The predicted molar refractivity (Wildman–Crippen MR) is 80.1 cm³/mol. The summed E-state index contributed by atoms with van der Waals surface area (Å²) in [5.74, 6) is 3.82. The summed E-state index contributed by atoms with van der Waals surface area (Å²) in [6.45, 7) is 8.95. The molecular weight excluding hydrogens is 238 g/mol. The van der Waals surface area contributed by atoms with Gasteiger partial charge in [-0.3, -0.25) is 4.99 Å². The molecule has 1 saturated heterocycles. The van der Waals surface area contributed by atoms with Crippen molar-refractivity contribution in [2.45, 2.75) is 39.7 Å². The van der Waals surface area contributed by atoms with Gasteiger partial charge in [0.05, 0.1) is 12.6 Å². The zero-order chi connectivity index (χ0) is 14.3. The van der Waals surface area contributed by atoms with Crippen LogP contribution in [0.1, 0.15) is 33.6 Å². The van der Waals surface area contributed by atoms with Gasteiger partial charge in [0.1, 0.15) is 0 Å². The van der Waals surface area contributed by atoms with Crippen LogP contribution in [0.2, 0.25) is 0 Å². The van der Waals surface area contributed by atoms with Crippen LogP contribution in [-0.2, 0) is 4.74 Å². The molecule has 0 aromatic rings. The van der Waals surface area contributed by atoms with Crippen LogP contribution >= 0.6 is 0 Å². The third-order valence-corrected chi connectivity index (χ3v) is 3.41. The van der Waals surface area contributed by atoms with Crippen molar-refractivity contribution in [3.05, 3.63) is 0 Å². The summed E-state index contributed by atoms with van der Waals surface area (Å²) in [4.78, 5) is 4.16. The van der Waals surface area contributed by atoms with E-state index in [1.165, 1.54) is 6.42 Å². The van der Waals surface area contributed by atoms with Crippen molar-refractivity contribution in [1.29, 1.82) is 0 Å². The van der Waals surface area contributed by atoms with Gasteiger partial charge >= 0.3 is 0 Å². The lowest BCUT2D eigenvalue weighted by Gasteiger charge is -2.40. The van der Waals surface area contributed by atoms with Crippen LogP contribution in [0.15, 0.2) is 4.99 Å². The van der Waals surface area contributed by atoms with E-state index in [9.17, 15) is 0 Å². The van der Waals surface area contributed by atoms with Crippen LogP contribution in [0.5, 0.6) is 0 Å². The van der Waals surface area contributed by atoms with Crippen molar-refractivity contribution < 1.29 is 4.74 Å². The SMILES string of the molecule is C#CCNC(=NC)NCC1CCCOC1C(C)(C)C. The zero-order valence-corrected chi connectivity index (χ0v) is 12.6. The van der Waals surface area contributed by atoms with E-state index in [0.717, 1.165) is 25.5 Å². The molecule has 1 rings (SSSR count). The fourth-order valence-electron chi connectivity index (χ4n) is 2.59. The Balaban J connectivity index is 2.51. The number of terminal acetylenes is 1. The van der Waals surface area contributed by atoms with E-state index in [0.29, 0.717) is 18.6 Å². The Bertz CT molecular complexity index is 338. The van der Waals surface area contributed by atoms with Gasteiger partial charge in [0.2, 0.25) is 0 Å². The Morgan fingerprint density at radius 3 is 2.74 bits per heavy atom. The predicted octanol–water partition coefficient (Wildman–Crippen LogP) is 1.63. The molecule has 108 valence electrons. The first-order valence-corrected chi connectivity index (χ1v) is 6.98. The van der Waals surface area contributed by atoms with E-state index in [1.807, 2.05) is 0 Å². The molecule has 2 atom stereocenters. The van der Waals surface area contributed by atoms with Crippen LogP contribution in [0.4, 0.5) is 0 Å². The van der Waals surface area contributed by atoms with Crippen molar-refractivity contribution >= 4 is 5.96 Å². The minimum atomic E-state index is 0.169. The van der Waals surface area contributed by atoms with Gasteiger partial charge in [0, 0.05) is 26.1 Å². The van der Waals surface area contributed by atoms with E-state index < -0.39 is 0 Å². The van der Waals surface area contributed by atoms with Crippen LogP contribution in [0, 0.1) is 23.7 Å². The molecule has 2 N–H and O–H groups in total. The quantitative estimate of drug-likeness (QED) is 0.463. The molecule has 0 aromatic heterocycles. The molecule has 4 nitrogen and oxygen atoms in total. The average molecular weight is 265 g/mol. The Labute approximate surface area is 117 Å². The topological polar surface area (TPSA) is 45.7 Å². The summed E-state index contributed by atoms with van der Waals surface area (Å²) in [5.41, 5.74) is 0.169. The van der Waals surface area contributed by atoms with Gasteiger partial charge in [0.25, 0.3) is 0 Å². The van der Waals surface area contributed by atoms with E-state index in [-0.39, 0.29) is 5.41 Å². The number of rotatable bonds is 3. The summed E-state index contributed by atoms with van der Waals surface area (Å²) in [5, 5.41) is 6.41. The Morgan fingerprint density at radius 2 is 2.16 bits per heavy atom. The largest absolute Gasteiger partial charge is 0.377 e. The average Bonchev–Trinajstić information content (AvgIpc) is 2.38. The number of hydrogen-bond acceptors (Lipinski definition) is 2. The van der Waals surface area contributed by atoms with Crippen molar-refractivity contribution in [3.63, 3.8) is 0 Å². The van der Waals surface area contributed by atoms with Crippen LogP contribution in [0.25, 0.3) is 0 Å². The van der Waals surface area contributed by atoms with Crippen LogP contribution in [-0.4, -0.2) is 38.8 Å². The van der Waals surface area contributed by atoms with E-state index >= 15 is 0 Å². The highest BCUT2D eigenvalue weighted by molar-refractivity contribution is 5.79. The molecule has 0 spiro atoms. The second-order valence-electron chi connectivity index (χ2n) is 6.07. The molecule has 1 fully saturated rings. The van der Waals surface area contributed by atoms with Gasteiger partial charge in [0.15, 0.2) is 5.96 Å². The highest BCUT2D eigenvalue weighted by Crippen LogP contribution is 2.33. The molecule has 0 aromatic carbocycles. The summed E-state index contributed by atoms with van der Waals surface area (Å²) < 4.78 is 5.97. The second kappa shape index (κ2) is 7.40. The molecule has 1 heterocycles. The van der Waals surface area contributed by atoms with Gasteiger partial charge < -0.3 is 15.4 Å². The molecule has 0 amide bonds. The normalized spacial score (nSPS) is 24.7. The zero-order valence-electron chi connectivity index (χ0n) is 12.6. The first-order chi connectivity index (χ1) is 8.99. The Morgan fingerprint density at radius 1 is 1.42 bits per heavy atom. The van der Waals surface area contributed by atoms with Gasteiger partial charge in [-0.1, -0.05) is 26.7 Å². The van der Waals surface area contributed by atoms with Crippen molar-refractivity contribution in [2.75, 3.05) is 26.7 Å². The maximum absolute atomic E-state index is 5.97. The summed E-state index contributed by atoms with van der Waals surface area (Å²) in [6.07, 6.45) is 7.86. The Hall–Kier alpha value is -1.21. The van der Waals surface area contributed by atoms with Gasteiger partial charge in [-0.15, -0.1) is 6.42 Å². The standard InChI is InChI=1S/C15H27N3O/c1-6-9-17-14(16-5)18-11-12-8-7-10-19-13(12)15(2,3)4/h1,12-13H,7-11H2,2-5H3,(H2,16,17,18). The third kappa shape index (κ3) is 5.12. The molecule has 2 unspecified atom stereocenters. The van der Waals surface area contributed by atoms with Gasteiger partial charge in [-0.2, -0.15) is 0 Å². The highest BCUT2D eigenvalue weighted by atomic mass is 16.5. The van der Waals surface area contributed by atoms with Crippen LogP contribution in [0.3, 0.4) is 0 Å². The minimum Gasteiger partial charge on any atom is -0.377 e. The smallest absolute Gasteiger partial charge is 0.191 e. The lowest BCUT2D eigenvalue weighted by molar-refractivity contribution is -0.0835. The number of nitrogens with one attached hydrogen (secondary N) is 2. The summed E-state index contributed by atoms with van der Waals surface area (Å²) in [7, 11) is 1.75. The highest BCUT2D eigenvalue weighted by Gasteiger charge is 2.35. The maximum atomic E-state index is 5.97. The monoisotopic (exact) mass is 265 g/mol. The fraction of sp³-hybridized carbons (Fsp3) is 0.800. The molecule has 0 aliphatic carbocycles. The fourth-order valence-corrected chi connectivity index (χ4v) is 2.59. The molecular formula is C15H27N3O.